The highest BCUT2D eigenvalue weighted by Crippen LogP contribution is 2.31. The molecule has 1 saturated heterocycles. The third-order valence-electron chi connectivity index (χ3n) is 24.2. The molecule has 0 radical (unpaired) electrons. The lowest BCUT2D eigenvalue weighted by Crippen LogP contribution is -2.62. The molecule has 0 bridgehead atoms. The van der Waals surface area contributed by atoms with Crippen LogP contribution in [0.4, 0.5) is 13.2 Å². The number of aromatic hydroxyl groups is 1. The lowest BCUT2D eigenvalue weighted by atomic mass is 9.88. The van der Waals surface area contributed by atoms with Crippen LogP contribution in [0.2, 0.25) is 5.02 Å². The van der Waals surface area contributed by atoms with Gasteiger partial charge in [0.2, 0.25) is 76.8 Å². The van der Waals surface area contributed by atoms with E-state index >= 15 is 47.9 Å². The molecule has 0 saturated carbocycles. The maximum atomic E-state index is 16.2. The van der Waals surface area contributed by atoms with Gasteiger partial charge < -0.3 is 97.8 Å². The number of phenolic OH excluding ortho intramolecular Hbond substituents is 1. The predicted octanol–water partition coefficient (Wildman–Crippen LogP) is 5.61. The number of H-pyrrole nitrogens is 2. The topological polar surface area (TPSA) is 503 Å². The quantitative estimate of drug-likeness (QED) is 0.0209. The Bertz CT molecular complexity index is 5750. The van der Waals surface area contributed by atoms with Crippen molar-refractivity contribution in [3.63, 3.8) is 0 Å². The van der Waals surface area contributed by atoms with Crippen molar-refractivity contribution in [3.05, 3.63) is 225 Å². The molecule has 15 N–H and O–H groups in total. The van der Waals surface area contributed by atoms with Gasteiger partial charge >= 0.3 is 12.1 Å². The van der Waals surface area contributed by atoms with Crippen LogP contribution in [0.15, 0.2) is 175 Å². The van der Waals surface area contributed by atoms with Crippen LogP contribution in [0.3, 0.4) is 0 Å². The van der Waals surface area contributed by atoms with E-state index in [2.05, 4.69) is 62.8 Å². The lowest BCUT2D eigenvalue weighted by Gasteiger charge is -2.34. The maximum absolute atomic E-state index is 16.2. The number of carboxylic acids is 1. The number of para-hydroxylation sites is 2. The molecule has 35 nitrogen and oxygen atoms in total. The SMILES string of the molecule is CC[C@H](C)[C@@H]1NC(=O)[C@H](c2ccccc2)NC(=O)[C@H]([C@@H](C)O)NC(=O)CCCN(CC)C(=O)C[C@@H](C(=O)NCCCCC(=O)N(C)CC(=O)N[C@@H](CO)C(=O)O)C(=O)[C@H](Cc2cccc(Cl)c2)N(C)C(=O)[C@@H](Cc2ccc(O)cc2)NC(=O)C(Cc2ccc(C(F)(F)F)cc2)NC(=O)[C@@H](Cc2c[nH]c3ccccc23)NC(=O)C(Cc2c[nH]c3ccccc23)NC(=O)[C@H](Cc2cscn2)N(C)C1=O. The van der Waals surface area contributed by atoms with Gasteiger partial charge in [-0.05, 0) is 121 Å². The number of phenols is 1. The number of Topliss-reactive ketones (excluding diaryl/α,β-unsaturated/α-hetero) is 1. The predicted molar refractivity (Wildman–Crippen MR) is 501 cm³/mol. The third-order valence-corrected chi connectivity index (χ3v) is 25.0. The van der Waals surface area contributed by atoms with Gasteiger partial charge in [0.1, 0.15) is 66.0 Å². The minimum Gasteiger partial charge on any atom is -0.508 e. The summed E-state index contributed by atoms with van der Waals surface area (Å²) in [4.78, 5) is 239. The van der Waals surface area contributed by atoms with E-state index in [9.17, 15) is 57.6 Å². The number of ketones is 1. The molecule has 10 rings (SSSR count). The Labute approximate surface area is 797 Å². The van der Waals surface area contributed by atoms with Crippen LogP contribution >= 0.6 is 22.9 Å². The zero-order valence-corrected chi connectivity index (χ0v) is 78.1. The Kier molecular flexibility index (Phi) is 38.0. The minimum absolute atomic E-state index is 0.0131. The highest BCUT2D eigenvalue weighted by atomic mass is 35.5. The van der Waals surface area contributed by atoms with E-state index in [4.69, 9.17) is 11.6 Å². The summed E-state index contributed by atoms with van der Waals surface area (Å²) < 4.78 is 43.3. The number of hydrogen-bond acceptors (Lipinski definition) is 20. The largest absolute Gasteiger partial charge is 0.508 e. The summed E-state index contributed by atoms with van der Waals surface area (Å²) in [6.45, 7) is 4.01. The number of hydrogen-bond donors (Lipinski definition) is 15. The smallest absolute Gasteiger partial charge is 0.416 e. The van der Waals surface area contributed by atoms with Crippen molar-refractivity contribution in [1.82, 2.24) is 82.4 Å². The number of aromatic nitrogens is 3. The molecule has 730 valence electrons. The summed E-state index contributed by atoms with van der Waals surface area (Å²) in [6.07, 6.45) is -7.43. The van der Waals surface area contributed by atoms with E-state index in [1.807, 2.05) is 0 Å². The number of aliphatic carboxylic acids is 1. The zero-order chi connectivity index (χ0) is 99.5. The van der Waals surface area contributed by atoms with Crippen molar-refractivity contribution < 1.29 is 106 Å². The zero-order valence-electron chi connectivity index (χ0n) is 76.5. The van der Waals surface area contributed by atoms with Gasteiger partial charge in [-0.2, -0.15) is 13.2 Å². The monoisotopic (exact) mass is 1930 g/mol. The average Bonchev–Trinajstić information content (AvgIpc) is 1.60. The molecule has 6 aromatic carbocycles. The van der Waals surface area contributed by atoms with Crippen molar-refractivity contribution in [2.24, 2.45) is 11.8 Å². The molecule has 1 aliphatic heterocycles. The fraction of sp³-hybridized carbons (Fsp3) is 0.402. The second-order valence-corrected chi connectivity index (χ2v) is 35.1. The van der Waals surface area contributed by atoms with E-state index in [1.54, 1.807) is 111 Å². The highest BCUT2D eigenvalue weighted by molar-refractivity contribution is 7.07. The molecule has 0 spiro atoms. The Morgan fingerprint density at radius 3 is 1.75 bits per heavy atom. The molecule has 2 unspecified atom stereocenters. The van der Waals surface area contributed by atoms with Crippen LogP contribution in [0.25, 0.3) is 21.8 Å². The second kappa shape index (κ2) is 49.5. The van der Waals surface area contributed by atoms with Crippen LogP contribution in [0, 0.1) is 11.8 Å². The Balaban J connectivity index is 1.10. The number of aromatic amines is 2. The number of benzene rings is 6. The number of likely N-dealkylation sites (N-methyl/N-ethyl adjacent to an activating group) is 3. The number of fused-ring (bicyclic) bond motifs is 2. The van der Waals surface area contributed by atoms with E-state index < -0.39 is 230 Å². The van der Waals surface area contributed by atoms with Crippen LogP contribution in [-0.4, -0.2) is 258 Å². The first-order chi connectivity index (χ1) is 65.3. The number of nitrogens with zero attached hydrogens (tertiary/aromatic N) is 5. The number of carboxylic acid groups (broad SMARTS) is 1. The Morgan fingerprint density at radius 2 is 1.19 bits per heavy atom. The van der Waals surface area contributed by atoms with E-state index in [1.165, 1.54) is 104 Å². The first-order valence-corrected chi connectivity index (χ1v) is 46.1. The van der Waals surface area contributed by atoms with E-state index in [-0.39, 0.29) is 97.6 Å². The summed E-state index contributed by atoms with van der Waals surface area (Å²) in [6, 6.07) is 19.6. The highest BCUT2D eigenvalue weighted by Gasteiger charge is 2.44. The van der Waals surface area contributed by atoms with Crippen LogP contribution in [-0.2, 0) is 117 Å². The Hall–Kier alpha value is -13.9. The standard InChI is InChI=1S/C97H114ClF3N16O19S/c1-8-55(3)83-95(134)116(7)78(47-65-53-137-54-105-65)91(130)109-74(46-62-50-104-71-28-16-14-26-68(62)71)90(129)108-73(45-61-49-103-70-27-15-13-25-67(61)70)89(128)107-72(42-57-31-35-63(36-32-57)97(99,100)101)88(127)110-75(43-58-33-37-66(120)38-34-58)94(133)115(6)77(44-59-21-19-24-64(98)41-59)86(125)69(87(126)102-39-18-17-30-81(123)114(5)51-80(122)106-76(52-118)96(135)136)48-82(124)117(9-2)40-20-29-79(121)111-84(56(4)119)92(131)113-85(93(132)112-83)60-22-11-10-12-23-60/h10-16,19,21-28,31-38,41,49-50,53-56,69,72-78,83-85,103-104,118-120H,8-9,17-18,20,29-30,39-40,42-48,51-52H2,1-7H3,(H,102,126)(H,106,122)(H,107,128)(H,108,129)(H,109,130)(H,110,127)(H,111,121)(H,112,132)(H,113,131)(H,135,136)/t55-,56+,69+,72?,73+,74?,75+,76-,77-,78-,83-,84-,85-/m0/s1. The van der Waals surface area contributed by atoms with E-state index in [0.29, 0.717) is 38.6 Å². The number of rotatable bonds is 28. The van der Waals surface area contributed by atoms with Crippen molar-refractivity contribution in [3.8, 4) is 5.75 Å². The molecule has 137 heavy (non-hydrogen) atoms. The number of nitrogens with one attached hydrogen (secondary N) is 11. The first-order valence-electron chi connectivity index (χ1n) is 44.8. The summed E-state index contributed by atoms with van der Waals surface area (Å²) in [7, 11) is 3.77. The summed E-state index contributed by atoms with van der Waals surface area (Å²) in [5, 5.41) is 67.6. The number of halogens is 4. The van der Waals surface area contributed by atoms with Gasteiger partial charge in [-0.25, -0.2) is 9.78 Å². The molecular weight excluding hydrogens is 1820 g/mol. The summed E-state index contributed by atoms with van der Waals surface area (Å²) >= 11 is 7.79. The minimum atomic E-state index is -4.86. The van der Waals surface area contributed by atoms with Gasteiger partial charge in [0, 0.05) is 143 Å². The van der Waals surface area contributed by atoms with Crippen LogP contribution in [0.5, 0.6) is 5.75 Å². The van der Waals surface area contributed by atoms with Gasteiger partial charge in [0.25, 0.3) is 0 Å². The van der Waals surface area contributed by atoms with Gasteiger partial charge in [0.15, 0.2) is 5.78 Å². The summed E-state index contributed by atoms with van der Waals surface area (Å²) in [5.41, 5.74) is 3.53. The molecule has 40 heteroatoms. The van der Waals surface area contributed by atoms with Crippen LogP contribution < -0.4 is 47.9 Å². The molecule has 4 heterocycles. The van der Waals surface area contributed by atoms with Crippen molar-refractivity contribution in [2.75, 3.05) is 53.9 Å². The second-order valence-electron chi connectivity index (χ2n) is 34.0. The lowest BCUT2D eigenvalue weighted by molar-refractivity contribution is -0.147. The van der Waals surface area contributed by atoms with Crippen LogP contribution in [0.1, 0.15) is 123 Å². The van der Waals surface area contributed by atoms with Crippen molar-refractivity contribution >= 4 is 133 Å². The molecule has 3 aromatic heterocycles. The average molecular weight is 1930 g/mol. The van der Waals surface area contributed by atoms with Crippen molar-refractivity contribution in [2.45, 2.75) is 184 Å². The number of carbonyl (C=O) groups excluding carboxylic acids is 14. The van der Waals surface area contributed by atoms with E-state index in [0.717, 1.165) is 39.0 Å². The summed E-state index contributed by atoms with van der Waals surface area (Å²) in [5.74, 6) is -18.1. The number of thiazole rings is 1. The Morgan fingerprint density at radius 1 is 0.620 bits per heavy atom. The first kappa shape index (κ1) is 105. The number of amides is 13. The number of alkyl halides is 3. The molecule has 9 aromatic rings. The fourth-order valence-corrected chi connectivity index (χ4v) is 16.9. The van der Waals surface area contributed by atoms with Gasteiger partial charge in [0.05, 0.1) is 42.1 Å². The van der Waals surface area contributed by atoms with Crippen molar-refractivity contribution in [1.29, 1.82) is 0 Å². The third kappa shape index (κ3) is 29.3. The molecule has 13 amide bonds. The maximum Gasteiger partial charge on any atom is 0.416 e. The number of carbonyl (C=O) groups is 15. The molecule has 13 atom stereocenters. The molecule has 0 aliphatic carbocycles. The fourth-order valence-electron chi connectivity index (χ4n) is 16.1. The normalized spacial score (nSPS) is 20.9. The molecular formula is C97H114ClF3N16O19S. The number of aliphatic hydroxyl groups is 2. The number of unbranched alkanes of at least 4 members (excludes halogenated alkanes) is 1. The van der Waals surface area contributed by atoms with Gasteiger partial charge in [-0.15, -0.1) is 11.3 Å². The van der Waals surface area contributed by atoms with Gasteiger partial charge in [-0.1, -0.05) is 135 Å². The van der Waals surface area contributed by atoms with Gasteiger partial charge in [-0.3, -0.25) is 67.1 Å². The number of aliphatic hydroxyl groups excluding tert-OH is 2. The molecule has 1 aliphatic rings. The molecule has 1 fully saturated rings.